The predicted octanol–water partition coefficient (Wildman–Crippen LogP) is 3.31. The van der Waals surface area contributed by atoms with E-state index >= 15 is 0 Å². The van der Waals surface area contributed by atoms with Gasteiger partial charge in [-0.3, -0.25) is 24.0 Å². The molecule has 1 amide bonds. The molecule has 0 spiro atoms. The summed E-state index contributed by atoms with van der Waals surface area (Å²) >= 11 is 0. The van der Waals surface area contributed by atoms with Crippen molar-refractivity contribution in [1.29, 1.82) is 0 Å². The topological polar surface area (TPSA) is 235 Å². The third-order valence-electron chi connectivity index (χ3n) is 10.4. The number of esters is 2. The SMILES string of the molecule is COC(=O)C1C(O)C(C)C(=O)C(C)/C=C\C=C(/C)C(=O)Nc2c(C)c(OC(C)=O)c3c(c2O)C(=O)C(C)=C2OCOC(=C23)/C(C)=C/C(C)(O)C(O)C(C)C1O. The number of nitrogens with one attached hydrogen (secondary N) is 1. The molecule has 1 aromatic rings. The van der Waals surface area contributed by atoms with Crippen LogP contribution in [-0.2, 0) is 33.4 Å². The van der Waals surface area contributed by atoms with Crippen LogP contribution in [0.5, 0.6) is 11.5 Å². The fourth-order valence-electron chi connectivity index (χ4n) is 7.13. The lowest BCUT2D eigenvalue weighted by Gasteiger charge is -2.38. The Morgan fingerprint density at radius 2 is 1.56 bits per heavy atom. The molecular weight excluding hydrogens is 718 g/mol. The van der Waals surface area contributed by atoms with Gasteiger partial charge >= 0.3 is 11.9 Å². The molecule has 0 aromatic heterocycles. The Bertz CT molecular complexity index is 1960. The molecule has 0 fully saturated rings. The number of rotatable bonds is 2. The number of carbonyl (C=O) groups excluding carboxylic acids is 5. The van der Waals surface area contributed by atoms with Gasteiger partial charge in [0.25, 0.3) is 5.91 Å². The Morgan fingerprint density at radius 3 is 2.16 bits per heavy atom. The average Bonchev–Trinajstić information content (AvgIpc) is 3.13. The predicted molar refractivity (Wildman–Crippen MR) is 197 cm³/mol. The number of ketones is 2. The van der Waals surface area contributed by atoms with Crippen molar-refractivity contribution in [3.8, 4) is 11.5 Å². The third-order valence-corrected chi connectivity index (χ3v) is 10.4. The van der Waals surface area contributed by atoms with E-state index in [1.165, 1.54) is 79.7 Å². The first-order chi connectivity index (χ1) is 25.6. The second-order valence-corrected chi connectivity index (χ2v) is 14.5. The fourth-order valence-corrected chi connectivity index (χ4v) is 7.13. The van der Waals surface area contributed by atoms with Crippen molar-refractivity contribution in [2.24, 2.45) is 23.7 Å². The quantitative estimate of drug-likeness (QED) is 0.144. The highest BCUT2D eigenvalue weighted by molar-refractivity contribution is 6.21. The van der Waals surface area contributed by atoms with Crippen LogP contribution in [0.15, 0.2) is 52.5 Å². The normalized spacial score (nSPS) is 32.0. The summed E-state index contributed by atoms with van der Waals surface area (Å²) in [6, 6.07) is 0. The first kappa shape index (κ1) is 42.6. The van der Waals surface area contributed by atoms with Crippen molar-refractivity contribution in [3.63, 3.8) is 0 Å². The van der Waals surface area contributed by atoms with E-state index in [1.807, 2.05) is 0 Å². The highest BCUT2D eigenvalue weighted by Gasteiger charge is 2.47. The van der Waals surface area contributed by atoms with E-state index in [0.717, 1.165) is 14.0 Å². The summed E-state index contributed by atoms with van der Waals surface area (Å²) in [5.74, 6) is -9.80. The van der Waals surface area contributed by atoms with Gasteiger partial charge in [0.05, 0.1) is 42.2 Å². The monoisotopic (exact) mass is 767 g/mol. The number of hydrogen-bond donors (Lipinski definition) is 6. The number of aromatic hydroxyl groups is 1. The van der Waals surface area contributed by atoms with Crippen LogP contribution in [0, 0.1) is 30.6 Å². The minimum absolute atomic E-state index is 0.00714. The van der Waals surface area contributed by atoms with Gasteiger partial charge in [0, 0.05) is 47.0 Å². The number of phenolic OH excluding ortho intramolecular Hbond substituents is 1. The van der Waals surface area contributed by atoms with Crippen LogP contribution < -0.4 is 10.1 Å². The van der Waals surface area contributed by atoms with E-state index < -0.39 is 89.5 Å². The smallest absolute Gasteiger partial charge is 0.313 e. The van der Waals surface area contributed by atoms with Crippen LogP contribution in [0.1, 0.15) is 76.9 Å². The van der Waals surface area contributed by atoms with E-state index in [4.69, 9.17) is 18.9 Å². The molecule has 6 N–H and O–H groups in total. The molecule has 8 atom stereocenters. The van der Waals surface area contributed by atoms with Crippen LogP contribution in [0.3, 0.4) is 0 Å². The first-order valence-electron chi connectivity index (χ1n) is 17.7. The average molecular weight is 768 g/mol. The van der Waals surface area contributed by atoms with Gasteiger partial charge in [0.1, 0.15) is 34.6 Å². The minimum atomic E-state index is -2.19. The molecular formula is C40H49NO14. The van der Waals surface area contributed by atoms with Gasteiger partial charge in [0.2, 0.25) is 6.79 Å². The molecule has 4 bridgehead atoms. The van der Waals surface area contributed by atoms with Gasteiger partial charge in [-0.05, 0) is 46.3 Å². The Kier molecular flexibility index (Phi) is 12.7. The zero-order valence-corrected chi connectivity index (χ0v) is 32.5. The number of benzene rings is 1. The molecule has 0 radical (unpaired) electrons. The molecule has 298 valence electrons. The van der Waals surface area contributed by atoms with Crippen LogP contribution in [-0.4, -0.2) is 92.8 Å². The summed E-state index contributed by atoms with van der Waals surface area (Å²) in [6.45, 7) is 12.0. The standard InChI is InChI=1S/C40H49NO14/c1-16-12-11-13-17(2)38(49)41-28-19(4)36(55-23(8)42)24-25(33(28)47)31(45)21(6)35-26(24)34(53-15-54-35)18(3)14-40(9,51)37(48)22(7)32(46)27(39(50)52-10)30(44)20(5)29(16)43/h11-14,16,20,22,27,30,32,37,44,46-48,51H,15H2,1-10H3,(H,41,49)/b12-11-,17-13+,18-14+. The molecule has 4 aliphatic rings. The number of amides is 1. The highest BCUT2D eigenvalue weighted by atomic mass is 16.7. The fraction of sp³-hybridized carbons (Fsp3) is 0.475. The zero-order valence-electron chi connectivity index (χ0n) is 32.5. The van der Waals surface area contributed by atoms with E-state index in [0.29, 0.717) is 0 Å². The number of phenols is 1. The van der Waals surface area contributed by atoms with Gasteiger partial charge in [-0.25, -0.2) is 0 Å². The minimum Gasteiger partial charge on any atom is -0.505 e. The van der Waals surface area contributed by atoms with E-state index in [1.54, 1.807) is 0 Å². The van der Waals surface area contributed by atoms with Crippen molar-refractivity contribution in [2.45, 2.75) is 86.2 Å². The highest BCUT2D eigenvalue weighted by Crippen LogP contribution is 2.53. The third kappa shape index (κ3) is 8.01. The first-order valence-corrected chi connectivity index (χ1v) is 17.7. The summed E-state index contributed by atoms with van der Waals surface area (Å²) in [4.78, 5) is 66.4. The lowest BCUT2D eigenvalue weighted by atomic mass is 9.75. The van der Waals surface area contributed by atoms with Gasteiger partial charge < -0.3 is 49.8 Å². The summed E-state index contributed by atoms with van der Waals surface area (Å²) < 4.78 is 22.2. The number of Topliss-reactive ketones (excluding diaryl/α,β-unsaturated/α-hetero) is 2. The maximum Gasteiger partial charge on any atom is 0.313 e. The number of allylic oxidation sites excluding steroid dienone is 6. The molecule has 15 nitrogen and oxygen atoms in total. The number of aliphatic hydroxyl groups excluding tert-OH is 3. The van der Waals surface area contributed by atoms with Crippen molar-refractivity contribution in [3.05, 3.63) is 69.2 Å². The van der Waals surface area contributed by atoms with Gasteiger partial charge in [0.15, 0.2) is 11.5 Å². The second-order valence-electron chi connectivity index (χ2n) is 14.5. The van der Waals surface area contributed by atoms with Crippen molar-refractivity contribution in [2.75, 3.05) is 19.2 Å². The Morgan fingerprint density at radius 1 is 0.945 bits per heavy atom. The molecule has 3 heterocycles. The van der Waals surface area contributed by atoms with Gasteiger partial charge in [-0.2, -0.15) is 0 Å². The number of methoxy groups -OCH3 is 1. The van der Waals surface area contributed by atoms with Crippen molar-refractivity contribution in [1.82, 2.24) is 0 Å². The number of anilines is 1. The maximum absolute atomic E-state index is 14.0. The number of aliphatic hydroxyl groups is 4. The van der Waals surface area contributed by atoms with Gasteiger partial charge in [-0.15, -0.1) is 0 Å². The van der Waals surface area contributed by atoms with Crippen LogP contribution in [0.4, 0.5) is 5.69 Å². The summed E-state index contributed by atoms with van der Waals surface area (Å²) in [5, 5.41) is 60.4. The second kappa shape index (κ2) is 16.3. The van der Waals surface area contributed by atoms with E-state index in [2.05, 4.69) is 5.32 Å². The van der Waals surface area contributed by atoms with Gasteiger partial charge in [-0.1, -0.05) is 39.0 Å². The van der Waals surface area contributed by atoms with E-state index in [9.17, 15) is 49.5 Å². The zero-order chi connectivity index (χ0) is 41.4. The van der Waals surface area contributed by atoms with Crippen LogP contribution in [0.2, 0.25) is 0 Å². The molecule has 0 saturated heterocycles. The summed E-state index contributed by atoms with van der Waals surface area (Å²) in [6.07, 6.45) is 0.0247. The lowest BCUT2D eigenvalue weighted by Crippen LogP contribution is -2.52. The van der Waals surface area contributed by atoms with Crippen LogP contribution >= 0.6 is 0 Å². The largest absolute Gasteiger partial charge is 0.505 e. The lowest BCUT2D eigenvalue weighted by molar-refractivity contribution is -0.166. The Hall–Kier alpha value is -5.09. The molecule has 3 aliphatic heterocycles. The molecule has 5 rings (SSSR count). The molecule has 55 heavy (non-hydrogen) atoms. The molecule has 8 unspecified atom stereocenters. The summed E-state index contributed by atoms with van der Waals surface area (Å²) in [7, 11) is 1.04. The summed E-state index contributed by atoms with van der Waals surface area (Å²) in [5.41, 5.74) is -2.46. The van der Waals surface area contributed by atoms with Crippen LogP contribution in [0.25, 0.3) is 5.57 Å². The van der Waals surface area contributed by atoms with Crippen molar-refractivity contribution < 1.29 is 68.5 Å². The Balaban J connectivity index is 2.07. The Labute approximate surface area is 318 Å². The molecule has 15 heteroatoms. The number of ether oxygens (including phenoxy) is 4. The molecule has 1 aromatic carbocycles. The number of carbonyl (C=O) groups is 5. The number of fused-ring (bicyclic) bond motifs is 14. The molecule has 0 saturated carbocycles. The van der Waals surface area contributed by atoms with Crippen molar-refractivity contribution >= 4 is 40.7 Å². The number of hydrogen-bond acceptors (Lipinski definition) is 14. The molecule has 1 aliphatic carbocycles. The van der Waals surface area contributed by atoms with E-state index in [-0.39, 0.29) is 61.9 Å². The maximum atomic E-state index is 14.0.